The third kappa shape index (κ3) is 4.58. The molecule has 1 aliphatic carbocycles. The summed E-state index contributed by atoms with van der Waals surface area (Å²) in [4.78, 5) is 17.8. The van der Waals surface area contributed by atoms with Gasteiger partial charge in [-0.15, -0.1) is 0 Å². The van der Waals surface area contributed by atoms with Crippen LogP contribution in [0.2, 0.25) is 0 Å². The number of likely N-dealkylation sites (tertiary alicyclic amines) is 1. The molecule has 3 fully saturated rings. The highest BCUT2D eigenvalue weighted by Crippen LogP contribution is 2.31. The van der Waals surface area contributed by atoms with Crippen LogP contribution in [0, 0.1) is 5.92 Å². The molecule has 28 heavy (non-hydrogen) atoms. The van der Waals surface area contributed by atoms with Crippen LogP contribution < -0.4 is 10.9 Å². The molecule has 1 saturated carbocycles. The summed E-state index contributed by atoms with van der Waals surface area (Å²) in [7, 11) is 2.03. The molecule has 154 valence electrons. The average Bonchev–Trinajstić information content (AvgIpc) is 3.18. The van der Waals surface area contributed by atoms with Gasteiger partial charge in [0.05, 0.1) is 0 Å². The van der Waals surface area contributed by atoms with E-state index in [0.29, 0.717) is 18.0 Å². The van der Waals surface area contributed by atoms with Gasteiger partial charge in [0.2, 0.25) is 5.91 Å². The highest BCUT2D eigenvalue weighted by Gasteiger charge is 2.43. The predicted octanol–water partition coefficient (Wildman–Crippen LogP) is 2.58. The summed E-state index contributed by atoms with van der Waals surface area (Å²) in [6, 6.07) is 11.5. The Bertz CT molecular complexity index is 637. The van der Waals surface area contributed by atoms with Crippen LogP contribution in [0.5, 0.6) is 0 Å². The maximum Gasteiger partial charge on any atom is 0.241 e. The first-order valence-electron chi connectivity index (χ1n) is 11.3. The third-order valence-corrected chi connectivity index (χ3v) is 7.10. The second-order valence-corrected chi connectivity index (χ2v) is 8.96. The Morgan fingerprint density at radius 2 is 1.93 bits per heavy atom. The zero-order valence-corrected chi connectivity index (χ0v) is 17.3. The van der Waals surface area contributed by atoms with Gasteiger partial charge in [0.1, 0.15) is 6.04 Å². The summed E-state index contributed by atoms with van der Waals surface area (Å²) in [6.07, 6.45) is 9.56. The van der Waals surface area contributed by atoms with Gasteiger partial charge in [0.25, 0.3) is 0 Å². The summed E-state index contributed by atoms with van der Waals surface area (Å²) < 4.78 is 0. The lowest BCUT2D eigenvalue weighted by Gasteiger charge is -2.39. The van der Waals surface area contributed by atoms with Crippen LogP contribution in [0.3, 0.4) is 0 Å². The molecule has 4 atom stereocenters. The zero-order valence-electron chi connectivity index (χ0n) is 17.3. The van der Waals surface area contributed by atoms with Gasteiger partial charge in [-0.2, -0.15) is 0 Å². The highest BCUT2D eigenvalue weighted by molar-refractivity contribution is 5.82. The fraction of sp³-hybridized carbons (Fsp3) is 0.696. The fourth-order valence-corrected chi connectivity index (χ4v) is 5.39. The SMILES string of the molecule is CN(C(=O)C1NNC2CCCCC21)C1CCCN(CCCc2ccccc2)C1. The number of hydrogen-bond acceptors (Lipinski definition) is 4. The topological polar surface area (TPSA) is 47.6 Å². The minimum Gasteiger partial charge on any atom is -0.340 e. The van der Waals surface area contributed by atoms with Crippen molar-refractivity contribution in [1.82, 2.24) is 20.7 Å². The van der Waals surface area contributed by atoms with Crippen molar-refractivity contribution in [2.45, 2.75) is 69.5 Å². The van der Waals surface area contributed by atoms with Crippen molar-refractivity contribution in [2.24, 2.45) is 5.92 Å². The molecule has 2 saturated heterocycles. The van der Waals surface area contributed by atoms with Crippen LogP contribution in [-0.2, 0) is 11.2 Å². The fourth-order valence-electron chi connectivity index (χ4n) is 5.39. The molecular formula is C23H36N4O. The molecule has 2 heterocycles. The molecule has 4 unspecified atom stereocenters. The van der Waals surface area contributed by atoms with E-state index < -0.39 is 0 Å². The lowest BCUT2D eigenvalue weighted by molar-refractivity contribution is -0.136. The number of piperidine rings is 1. The second-order valence-electron chi connectivity index (χ2n) is 8.96. The molecule has 3 aliphatic rings. The van der Waals surface area contributed by atoms with Gasteiger partial charge in [-0.1, -0.05) is 43.2 Å². The molecule has 5 nitrogen and oxygen atoms in total. The number of nitrogens with one attached hydrogen (secondary N) is 2. The van der Waals surface area contributed by atoms with Crippen LogP contribution >= 0.6 is 0 Å². The van der Waals surface area contributed by atoms with E-state index in [1.54, 1.807) is 0 Å². The molecule has 2 aliphatic heterocycles. The maximum absolute atomic E-state index is 13.2. The number of hydrogen-bond donors (Lipinski definition) is 2. The number of aryl methyl sites for hydroxylation is 1. The van der Waals surface area contributed by atoms with E-state index in [2.05, 4.69) is 51.0 Å². The molecule has 5 heteroatoms. The Morgan fingerprint density at radius 1 is 1.11 bits per heavy atom. The van der Waals surface area contributed by atoms with Gasteiger partial charge in [-0.05, 0) is 57.2 Å². The van der Waals surface area contributed by atoms with E-state index >= 15 is 0 Å². The smallest absolute Gasteiger partial charge is 0.241 e. The van der Waals surface area contributed by atoms with Crippen molar-refractivity contribution in [3.63, 3.8) is 0 Å². The van der Waals surface area contributed by atoms with Crippen LogP contribution in [0.25, 0.3) is 0 Å². The standard InChI is InChI=1S/C23H36N4O/c1-26(23(28)22-20-13-5-6-14-21(20)24-25-22)19-12-8-16-27(17-19)15-7-11-18-9-3-2-4-10-18/h2-4,9-10,19-22,24-25H,5-8,11-17H2,1H3. The van der Waals surface area contributed by atoms with Crippen molar-refractivity contribution >= 4 is 5.91 Å². The number of carbonyl (C=O) groups excluding carboxylic acids is 1. The number of nitrogens with zero attached hydrogens (tertiary/aromatic N) is 2. The number of benzene rings is 1. The lowest BCUT2D eigenvalue weighted by Crippen LogP contribution is -2.54. The Balaban J connectivity index is 1.27. The first-order valence-corrected chi connectivity index (χ1v) is 11.3. The Morgan fingerprint density at radius 3 is 2.79 bits per heavy atom. The summed E-state index contributed by atoms with van der Waals surface area (Å²) in [6.45, 7) is 3.31. The number of amides is 1. The largest absolute Gasteiger partial charge is 0.340 e. The number of likely N-dealkylation sites (N-methyl/N-ethyl adjacent to an activating group) is 1. The predicted molar refractivity (Wildman–Crippen MR) is 113 cm³/mol. The number of rotatable bonds is 6. The summed E-state index contributed by atoms with van der Waals surface area (Å²) in [5, 5.41) is 0. The maximum atomic E-state index is 13.2. The van der Waals surface area contributed by atoms with Gasteiger partial charge in [-0.3, -0.25) is 10.2 Å². The normalized spacial score (nSPS) is 30.8. The molecule has 0 radical (unpaired) electrons. The average molecular weight is 385 g/mol. The van der Waals surface area contributed by atoms with Gasteiger partial charge in [-0.25, -0.2) is 5.43 Å². The second kappa shape index (κ2) is 9.38. The van der Waals surface area contributed by atoms with Crippen LogP contribution in [-0.4, -0.2) is 60.5 Å². The molecule has 1 aromatic rings. The van der Waals surface area contributed by atoms with Gasteiger partial charge >= 0.3 is 0 Å². The minimum atomic E-state index is -0.0382. The Kier molecular flexibility index (Phi) is 6.65. The molecule has 1 amide bonds. The molecule has 4 rings (SSSR count). The zero-order chi connectivity index (χ0) is 19.3. The highest BCUT2D eigenvalue weighted by atomic mass is 16.2. The molecule has 0 spiro atoms. The third-order valence-electron chi connectivity index (χ3n) is 7.10. The van der Waals surface area contributed by atoms with Gasteiger partial charge in [0.15, 0.2) is 0 Å². The first kappa shape index (κ1) is 19.9. The van der Waals surface area contributed by atoms with Crippen LogP contribution in [0.1, 0.15) is 50.5 Å². The van der Waals surface area contributed by atoms with E-state index in [0.717, 1.165) is 25.9 Å². The van der Waals surface area contributed by atoms with E-state index in [1.807, 2.05) is 7.05 Å². The van der Waals surface area contributed by atoms with Crippen LogP contribution in [0.4, 0.5) is 0 Å². The van der Waals surface area contributed by atoms with Crippen molar-refractivity contribution in [1.29, 1.82) is 0 Å². The number of carbonyl (C=O) groups is 1. The lowest BCUT2D eigenvalue weighted by atomic mass is 9.81. The van der Waals surface area contributed by atoms with E-state index in [-0.39, 0.29) is 11.9 Å². The molecule has 2 N–H and O–H groups in total. The molecule has 1 aromatic carbocycles. The summed E-state index contributed by atoms with van der Waals surface area (Å²) in [5.41, 5.74) is 8.14. The van der Waals surface area contributed by atoms with Crippen molar-refractivity contribution in [3.05, 3.63) is 35.9 Å². The molecule has 0 bridgehead atoms. The van der Waals surface area contributed by atoms with E-state index in [4.69, 9.17) is 0 Å². The van der Waals surface area contributed by atoms with E-state index in [9.17, 15) is 4.79 Å². The van der Waals surface area contributed by atoms with Gasteiger partial charge < -0.3 is 9.80 Å². The summed E-state index contributed by atoms with van der Waals surface area (Å²) in [5.74, 6) is 0.757. The van der Waals surface area contributed by atoms with Crippen LogP contribution in [0.15, 0.2) is 30.3 Å². The van der Waals surface area contributed by atoms with E-state index in [1.165, 1.54) is 50.6 Å². The van der Waals surface area contributed by atoms with Crippen molar-refractivity contribution in [2.75, 3.05) is 26.7 Å². The van der Waals surface area contributed by atoms with Gasteiger partial charge in [0, 0.05) is 31.6 Å². The Hall–Kier alpha value is -1.43. The summed E-state index contributed by atoms with van der Waals surface area (Å²) >= 11 is 0. The van der Waals surface area contributed by atoms with Crippen molar-refractivity contribution in [3.8, 4) is 0 Å². The molecule has 0 aromatic heterocycles. The molecular weight excluding hydrogens is 348 g/mol. The Labute approximate surface area is 169 Å². The monoisotopic (exact) mass is 384 g/mol. The minimum absolute atomic E-state index is 0.0382. The number of hydrazine groups is 1. The quantitative estimate of drug-likeness (QED) is 0.791. The first-order chi connectivity index (χ1) is 13.7. The van der Waals surface area contributed by atoms with Crippen molar-refractivity contribution < 1.29 is 4.79 Å². The number of fused-ring (bicyclic) bond motifs is 1.